The van der Waals surface area contributed by atoms with E-state index in [0.717, 1.165) is 12.1 Å². The smallest absolute Gasteiger partial charge is 0.388 e. The van der Waals surface area contributed by atoms with Gasteiger partial charge in [-0.25, -0.2) is 0 Å². The van der Waals surface area contributed by atoms with Crippen LogP contribution in [0, 0.1) is 0 Å². The van der Waals surface area contributed by atoms with Gasteiger partial charge in [0.25, 0.3) is 0 Å². The van der Waals surface area contributed by atoms with Crippen molar-refractivity contribution in [3.05, 3.63) is 40.1 Å². The third-order valence-corrected chi connectivity index (χ3v) is 2.94. The summed E-state index contributed by atoms with van der Waals surface area (Å²) < 4.78 is 42.5. The van der Waals surface area contributed by atoms with Crippen LogP contribution in [0.15, 0.2) is 33.3 Å². The molecule has 0 aliphatic rings. The number of aliphatic hydroxyl groups is 1. The molecule has 0 spiro atoms. The van der Waals surface area contributed by atoms with Gasteiger partial charge in [-0.05, 0) is 12.1 Å². The minimum absolute atomic E-state index is 0.247. The molecule has 1 heterocycles. The molecule has 1 aromatic carbocycles. The van der Waals surface area contributed by atoms with Crippen molar-refractivity contribution in [2.75, 3.05) is 0 Å². The van der Waals surface area contributed by atoms with Gasteiger partial charge in [0, 0.05) is 16.1 Å². The van der Waals surface area contributed by atoms with E-state index in [9.17, 15) is 13.2 Å². The summed E-state index contributed by atoms with van der Waals surface area (Å²) in [5, 5.41) is 12.5. The van der Waals surface area contributed by atoms with Gasteiger partial charge in [0.2, 0.25) is 0 Å². The second-order valence-electron chi connectivity index (χ2n) is 3.53. The average molecular weight is 322 g/mol. The monoisotopic (exact) mass is 321 g/mol. The number of benzene rings is 1. The summed E-state index contributed by atoms with van der Waals surface area (Å²) in [5.41, 5.74) is 0.0788. The van der Waals surface area contributed by atoms with Gasteiger partial charge in [0.05, 0.1) is 5.56 Å². The van der Waals surface area contributed by atoms with Crippen LogP contribution in [0.2, 0.25) is 0 Å². The van der Waals surface area contributed by atoms with Crippen LogP contribution in [0.4, 0.5) is 13.2 Å². The zero-order valence-corrected chi connectivity index (χ0v) is 10.4. The van der Waals surface area contributed by atoms with Gasteiger partial charge in [-0.2, -0.15) is 13.2 Å². The van der Waals surface area contributed by atoms with E-state index in [0.29, 0.717) is 11.3 Å². The maximum atomic E-state index is 12.5. The van der Waals surface area contributed by atoms with E-state index >= 15 is 0 Å². The molecular formula is C11H7BrF3NO2. The topological polar surface area (TPSA) is 46.3 Å². The molecule has 0 saturated carbocycles. The predicted octanol–water partition coefficient (Wildman–Crippen LogP) is 3.62. The van der Waals surface area contributed by atoms with Gasteiger partial charge in [0.1, 0.15) is 12.3 Å². The lowest BCUT2D eigenvalue weighted by molar-refractivity contribution is -0.137. The van der Waals surface area contributed by atoms with Gasteiger partial charge in [0.15, 0.2) is 5.76 Å². The highest BCUT2D eigenvalue weighted by atomic mass is 79.9. The highest BCUT2D eigenvalue weighted by molar-refractivity contribution is 9.10. The van der Waals surface area contributed by atoms with Gasteiger partial charge in [-0.1, -0.05) is 27.2 Å². The molecule has 1 N–H and O–H groups in total. The standard InChI is InChI=1S/C11H7BrF3NO2/c12-9-3-6(11(13,14)15)1-2-8(9)10-4-7(5-17)18-16-10/h1-4,17H,5H2. The summed E-state index contributed by atoms with van der Waals surface area (Å²) in [4.78, 5) is 0. The molecule has 96 valence electrons. The van der Waals surface area contributed by atoms with Crippen molar-refractivity contribution in [1.82, 2.24) is 5.16 Å². The number of aromatic nitrogens is 1. The lowest BCUT2D eigenvalue weighted by atomic mass is 10.1. The first-order chi connectivity index (χ1) is 8.41. The third kappa shape index (κ3) is 2.56. The van der Waals surface area contributed by atoms with Crippen LogP contribution in [0.3, 0.4) is 0 Å². The predicted molar refractivity (Wildman–Crippen MR) is 60.6 cm³/mol. The highest BCUT2D eigenvalue weighted by Crippen LogP contribution is 2.35. The Morgan fingerprint density at radius 1 is 1.28 bits per heavy atom. The Labute approximate surface area is 108 Å². The van der Waals surface area contributed by atoms with Crippen LogP contribution < -0.4 is 0 Å². The lowest BCUT2D eigenvalue weighted by Crippen LogP contribution is -2.04. The van der Waals surface area contributed by atoms with Gasteiger partial charge < -0.3 is 9.63 Å². The van der Waals surface area contributed by atoms with Gasteiger partial charge >= 0.3 is 6.18 Å². The summed E-state index contributed by atoms with van der Waals surface area (Å²) >= 11 is 3.06. The Hall–Kier alpha value is -1.34. The molecule has 2 aromatic rings. The number of hydrogen-bond acceptors (Lipinski definition) is 3. The lowest BCUT2D eigenvalue weighted by Gasteiger charge is -2.08. The van der Waals surface area contributed by atoms with Crippen molar-refractivity contribution in [3.8, 4) is 11.3 Å². The number of aliphatic hydroxyl groups excluding tert-OH is 1. The summed E-state index contributed by atoms with van der Waals surface area (Å²) in [5.74, 6) is 0.247. The Morgan fingerprint density at radius 3 is 2.50 bits per heavy atom. The first-order valence-electron chi connectivity index (χ1n) is 4.85. The molecule has 0 saturated heterocycles. The van der Waals surface area contributed by atoms with Crippen molar-refractivity contribution in [2.24, 2.45) is 0 Å². The summed E-state index contributed by atoms with van der Waals surface area (Å²) in [6.07, 6.45) is -4.39. The van der Waals surface area contributed by atoms with E-state index in [1.807, 2.05) is 0 Å². The molecule has 3 nitrogen and oxygen atoms in total. The fraction of sp³-hybridized carbons (Fsp3) is 0.182. The van der Waals surface area contributed by atoms with Crippen LogP contribution in [0.1, 0.15) is 11.3 Å². The first-order valence-corrected chi connectivity index (χ1v) is 5.64. The maximum absolute atomic E-state index is 12.5. The number of nitrogens with zero attached hydrogens (tertiary/aromatic N) is 1. The van der Waals surface area contributed by atoms with Crippen LogP contribution in [0.5, 0.6) is 0 Å². The van der Waals surface area contributed by atoms with Crippen molar-refractivity contribution < 1.29 is 22.8 Å². The molecule has 0 amide bonds. The van der Waals surface area contributed by atoms with E-state index in [1.165, 1.54) is 12.1 Å². The third-order valence-electron chi connectivity index (χ3n) is 2.29. The molecule has 0 aliphatic carbocycles. The van der Waals surface area contributed by atoms with E-state index in [1.54, 1.807) is 0 Å². The minimum atomic E-state index is -4.39. The fourth-order valence-corrected chi connectivity index (χ4v) is 2.00. The summed E-state index contributed by atoms with van der Waals surface area (Å²) in [6, 6.07) is 4.70. The molecule has 0 unspecified atom stereocenters. The van der Waals surface area contributed by atoms with Crippen molar-refractivity contribution in [2.45, 2.75) is 12.8 Å². The Morgan fingerprint density at radius 2 is 2.00 bits per heavy atom. The molecule has 18 heavy (non-hydrogen) atoms. The van der Waals surface area contributed by atoms with Crippen LogP contribution in [-0.2, 0) is 12.8 Å². The van der Waals surface area contributed by atoms with E-state index in [4.69, 9.17) is 9.63 Å². The van der Waals surface area contributed by atoms with Gasteiger partial charge in [-0.15, -0.1) is 0 Å². The number of alkyl halides is 3. The molecule has 7 heteroatoms. The second kappa shape index (κ2) is 4.74. The molecule has 0 bridgehead atoms. The van der Waals surface area contributed by atoms with E-state index in [2.05, 4.69) is 21.1 Å². The highest BCUT2D eigenvalue weighted by Gasteiger charge is 2.31. The molecule has 0 aliphatic heterocycles. The van der Waals surface area contributed by atoms with Crippen LogP contribution in [0.25, 0.3) is 11.3 Å². The normalized spacial score (nSPS) is 11.8. The first kappa shape index (κ1) is 13.1. The fourth-order valence-electron chi connectivity index (χ4n) is 1.41. The number of rotatable bonds is 2. The van der Waals surface area contributed by atoms with E-state index < -0.39 is 11.7 Å². The second-order valence-corrected chi connectivity index (χ2v) is 4.38. The Balaban J connectivity index is 2.41. The van der Waals surface area contributed by atoms with Crippen LogP contribution in [-0.4, -0.2) is 10.3 Å². The molecule has 0 fully saturated rings. The average Bonchev–Trinajstić information content (AvgIpc) is 2.76. The Bertz CT molecular complexity index is 566. The van der Waals surface area contributed by atoms with Crippen molar-refractivity contribution >= 4 is 15.9 Å². The number of hydrogen-bond donors (Lipinski definition) is 1. The summed E-state index contributed by atoms with van der Waals surface area (Å²) in [6.45, 7) is -0.314. The van der Waals surface area contributed by atoms with Gasteiger partial charge in [-0.3, -0.25) is 0 Å². The number of halogens is 4. The SMILES string of the molecule is OCc1cc(-c2ccc(C(F)(F)F)cc2Br)no1. The summed E-state index contributed by atoms with van der Waals surface area (Å²) in [7, 11) is 0. The molecule has 2 rings (SSSR count). The quantitative estimate of drug-likeness (QED) is 0.919. The van der Waals surface area contributed by atoms with Crippen molar-refractivity contribution in [1.29, 1.82) is 0 Å². The van der Waals surface area contributed by atoms with Crippen LogP contribution >= 0.6 is 15.9 Å². The molecular weight excluding hydrogens is 315 g/mol. The molecule has 1 aromatic heterocycles. The maximum Gasteiger partial charge on any atom is 0.416 e. The largest absolute Gasteiger partial charge is 0.416 e. The van der Waals surface area contributed by atoms with E-state index in [-0.39, 0.29) is 16.8 Å². The zero-order chi connectivity index (χ0) is 13.3. The van der Waals surface area contributed by atoms with Crippen molar-refractivity contribution in [3.63, 3.8) is 0 Å². The molecule has 0 atom stereocenters. The zero-order valence-electron chi connectivity index (χ0n) is 8.83. The Kier molecular flexibility index (Phi) is 3.45. The minimum Gasteiger partial charge on any atom is -0.388 e. The molecule has 0 radical (unpaired) electrons.